The first-order chi connectivity index (χ1) is 9.47. The van der Waals surface area contributed by atoms with Crippen LogP contribution in [-0.4, -0.2) is 5.84 Å². The van der Waals surface area contributed by atoms with Crippen LogP contribution in [0.25, 0.3) is 0 Å². The normalized spacial score (nSPS) is 10.3. The van der Waals surface area contributed by atoms with E-state index >= 15 is 0 Å². The molecule has 104 valence electrons. The Morgan fingerprint density at radius 3 is 2.70 bits per heavy atom. The quantitative estimate of drug-likeness (QED) is 0.659. The zero-order chi connectivity index (χ0) is 14.7. The molecule has 0 saturated carbocycles. The Morgan fingerprint density at radius 2 is 2.05 bits per heavy atom. The van der Waals surface area contributed by atoms with Crippen molar-refractivity contribution in [3.8, 4) is 5.75 Å². The Balaban J connectivity index is 2.15. The second kappa shape index (κ2) is 6.05. The summed E-state index contributed by atoms with van der Waals surface area (Å²) in [6.07, 6.45) is 0. The largest absolute Gasteiger partial charge is 0.486 e. The lowest BCUT2D eigenvalue weighted by Crippen LogP contribution is -2.11. The summed E-state index contributed by atoms with van der Waals surface area (Å²) in [6.45, 7) is 2.17. The summed E-state index contributed by atoms with van der Waals surface area (Å²) in [5, 5.41) is 7.38. The van der Waals surface area contributed by atoms with Gasteiger partial charge in [0.1, 0.15) is 12.4 Å². The lowest BCUT2D eigenvalue weighted by molar-refractivity contribution is 0.289. The fourth-order valence-corrected chi connectivity index (χ4v) is 2.11. The molecule has 2 aromatic rings. The molecule has 2 aromatic carbocycles. The predicted molar refractivity (Wildman–Crippen MR) is 80.6 cm³/mol. The third kappa shape index (κ3) is 3.36. The molecular formula is C15H14BrFN2O. The van der Waals surface area contributed by atoms with Gasteiger partial charge in [-0.25, -0.2) is 4.39 Å². The van der Waals surface area contributed by atoms with Crippen molar-refractivity contribution in [1.82, 2.24) is 0 Å². The van der Waals surface area contributed by atoms with Gasteiger partial charge in [0.05, 0.1) is 0 Å². The van der Waals surface area contributed by atoms with Crippen molar-refractivity contribution in [1.29, 1.82) is 5.41 Å². The number of nitrogens with one attached hydrogen (secondary N) is 1. The van der Waals surface area contributed by atoms with E-state index in [1.54, 1.807) is 18.2 Å². The van der Waals surface area contributed by atoms with Crippen LogP contribution in [0.4, 0.5) is 4.39 Å². The molecule has 0 saturated heterocycles. The predicted octanol–water partition coefficient (Wildman–Crippen LogP) is 3.76. The lowest BCUT2D eigenvalue weighted by Gasteiger charge is -2.11. The minimum Gasteiger partial charge on any atom is -0.486 e. The average molecular weight is 337 g/mol. The smallest absolute Gasteiger partial charge is 0.165 e. The van der Waals surface area contributed by atoms with Crippen LogP contribution in [0.5, 0.6) is 5.75 Å². The number of hydrogen-bond donors (Lipinski definition) is 2. The Kier molecular flexibility index (Phi) is 4.39. The number of nitrogen functional groups attached to an aromatic ring is 1. The SMILES string of the molecule is Cc1cc(C(=N)N)ccc1COc1cc(Br)ccc1F. The van der Waals surface area contributed by atoms with Crippen molar-refractivity contribution >= 4 is 21.8 Å². The maximum Gasteiger partial charge on any atom is 0.165 e. The number of halogens is 2. The molecule has 3 nitrogen and oxygen atoms in total. The van der Waals surface area contributed by atoms with E-state index in [1.165, 1.54) is 6.07 Å². The number of ether oxygens (including phenoxy) is 1. The number of hydrogen-bond acceptors (Lipinski definition) is 2. The molecule has 20 heavy (non-hydrogen) atoms. The molecule has 0 aliphatic rings. The van der Waals surface area contributed by atoms with Gasteiger partial charge in [-0.05, 0) is 42.3 Å². The second-order valence-corrected chi connectivity index (χ2v) is 5.33. The van der Waals surface area contributed by atoms with Crippen molar-refractivity contribution in [3.63, 3.8) is 0 Å². The van der Waals surface area contributed by atoms with E-state index in [0.29, 0.717) is 5.56 Å². The van der Waals surface area contributed by atoms with E-state index in [2.05, 4.69) is 15.9 Å². The summed E-state index contributed by atoms with van der Waals surface area (Å²) in [5.41, 5.74) is 7.98. The van der Waals surface area contributed by atoms with E-state index in [9.17, 15) is 4.39 Å². The highest BCUT2D eigenvalue weighted by Gasteiger charge is 2.07. The van der Waals surface area contributed by atoms with Crippen molar-refractivity contribution in [3.05, 3.63) is 63.4 Å². The van der Waals surface area contributed by atoms with Gasteiger partial charge in [0.25, 0.3) is 0 Å². The van der Waals surface area contributed by atoms with Crippen LogP contribution < -0.4 is 10.5 Å². The highest BCUT2D eigenvalue weighted by atomic mass is 79.9. The first kappa shape index (κ1) is 14.5. The zero-order valence-corrected chi connectivity index (χ0v) is 12.5. The molecule has 0 fully saturated rings. The average Bonchev–Trinajstić information content (AvgIpc) is 2.40. The Bertz CT molecular complexity index is 658. The van der Waals surface area contributed by atoms with Gasteiger partial charge in [-0.1, -0.05) is 28.1 Å². The number of nitrogens with two attached hydrogens (primary N) is 1. The Hall–Kier alpha value is -1.88. The van der Waals surface area contributed by atoms with Crippen molar-refractivity contribution < 1.29 is 9.13 Å². The minimum atomic E-state index is -0.397. The van der Waals surface area contributed by atoms with E-state index in [0.717, 1.165) is 15.6 Å². The molecule has 3 N–H and O–H groups in total. The Labute approximate surface area is 125 Å². The number of amidine groups is 1. The first-order valence-electron chi connectivity index (χ1n) is 5.99. The standard InChI is InChI=1S/C15H14BrFN2O/c1-9-6-10(15(18)19)2-3-11(9)8-20-14-7-12(16)4-5-13(14)17/h2-7H,8H2,1H3,(H3,18,19). The topological polar surface area (TPSA) is 59.1 Å². The fraction of sp³-hybridized carbons (Fsp3) is 0.133. The molecule has 5 heteroatoms. The van der Waals surface area contributed by atoms with Gasteiger partial charge < -0.3 is 10.5 Å². The molecule has 0 aliphatic carbocycles. The van der Waals surface area contributed by atoms with E-state index in [1.807, 2.05) is 19.1 Å². The van der Waals surface area contributed by atoms with Gasteiger partial charge >= 0.3 is 0 Å². The zero-order valence-electron chi connectivity index (χ0n) is 10.9. The second-order valence-electron chi connectivity index (χ2n) is 4.42. The monoisotopic (exact) mass is 336 g/mol. The van der Waals surface area contributed by atoms with Crippen LogP contribution >= 0.6 is 15.9 Å². The van der Waals surface area contributed by atoms with Crippen LogP contribution in [0, 0.1) is 18.2 Å². The van der Waals surface area contributed by atoms with Crippen LogP contribution in [0.15, 0.2) is 40.9 Å². The Morgan fingerprint density at radius 1 is 1.30 bits per heavy atom. The van der Waals surface area contributed by atoms with Crippen LogP contribution in [-0.2, 0) is 6.61 Å². The molecule has 0 amide bonds. The van der Waals surface area contributed by atoms with Crippen molar-refractivity contribution in [2.45, 2.75) is 13.5 Å². The summed E-state index contributed by atoms with van der Waals surface area (Å²) < 4.78 is 19.8. The fourth-order valence-electron chi connectivity index (χ4n) is 1.77. The third-order valence-corrected chi connectivity index (χ3v) is 3.42. The molecule has 0 heterocycles. The van der Waals surface area contributed by atoms with Crippen molar-refractivity contribution in [2.75, 3.05) is 0 Å². The van der Waals surface area contributed by atoms with Gasteiger partial charge in [0, 0.05) is 10.0 Å². The lowest BCUT2D eigenvalue weighted by atomic mass is 10.1. The van der Waals surface area contributed by atoms with Crippen LogP contribution in [0.2, 0.25) is 0 Å². The molecule has 0 radical (unpaired) electrons. The highest BCUT2D eigenvalue weighted by molar-refractivity contribution is 9.10. The van der Waals surface area contributed by atoms with E-state index < -0.39 is 5.82 Å². The van der Waals surface area contributed by atoms with Crippen LogP contribution in [0.1, 0.15) is 16.7 Å². The molecule has 0 atom stereocenters. The van der Waals surface area contributed by atoms with Crippen molar-refractivity contribution in [2.24, 2.45) is 5.73 Å². The van der Waals surface area contributed by atoms with Crippen LogP contribution in [0.3, 0.4) is 0 Å². The number of aryl methyl sites for hydroxylation is 1. The van der Waals surface area contributed by atoms with Gasteiger partial charge in [-0.15, -0.1) is 0 Å². The molecule has 0 aliphatic heterocycles. The summed E-state index contributed by atoms with van der Waals surface area (Å²) in [5.74, 6) is -0.167. The molecule has 0 spiro atoms. The maximum absolute atomic E-state index is 13.6. The number of benzene rings is 2. The molecule has 0 aromatic heterocycles. The van der Waals surface area contributed by atoms with E-state index in [-0.39, 0.29) is 18.2 Å². The number of rotatable bonds is 4. The minimum absolute atomic E-state index is 0.0265. The highest BCUT2D eigenvalue weighted by Crippen LogP contribution is 2.23. The van der Waals surface area contributed by atoms with Gasteiger partial charge in [0.15, 0.2) is 11.6 Å². The molecule has 2 rings (SSSR count). The summed E-state index contributed by atoms with van der Waals surface area (Å²) >= 11 is 3.28. The van der Waals surface area contributed by atoms with Gasteiger partial charge in [-0.3, -0.25) is 5.41 Å². The summed E-state index contributed by atoms with van der Waals surface area (Å²) in [4.78, 5) is 0. The molecule has 0 bridgehead atoms. The third-order valence-electron chi connectivity index (χ3n) is 2.93. The first-order valence-corrected chi connectivity index (χ1v) is 6.78. The van der Waals surface area contributed by atoms with E-state index in [4.69, 9.17) is 15.9 Å². The molecular weight excluding hydrogens is 323 g/mol. The van der Waals surface area contributed by atoms with Gasteiger partial charge in [-0.2, -0.15) is 0 Å². The summed E-state index contributed by atoms with van der Waals surface area (Å²) in [7, 11) is 0. The maximum atomic E-state index is 13.6. The molecule has 0 unspecified atom stereocenters. The summed E-state index contributed by atoms with van der Waals surface area (Å²) in [6, 6.07) is 9.97. The van der Waals surface area contributed by atoms with Gasteiger partial charge in [0.2, 0.25) is 0 Å².